The minimum atomic E-state index is 0.528. The average molecular weight is 390 g/mol. The molecule has 2 heterocycles. The highest BCUT2D eigenvalue weighted by atomic mass is 16.5. The fourth-order valence-corrected chi connectivity index (χ4v) is 3.48. The van der Waals surface area contributed by atoms with E-state index in [1.54, 1.807) is 19.5 Å². The van der Waals surface area contributed by atoms with Crippen molar-refractivity contribution in [1.82, 2.24) is 14.9 Å². The lowest BCUT2D eigenvalue weighted by Gasteiger charge is -2.34. The van der Waals surface area contributed by atoms with E-state index in [9.17, 15) is 0 Å². The molecule has 0 bridgehead atoms. The fourth-order valence-electron chi connectivity index (χ4n) is 3.48. The number of benzene rings is 2. The Labute approximate surface area is 171 Å². The van der Waals surface area contributed by atoms with Crippen LogP contribution in [0.5, 0.6) is 11.5 Å². The monoisotopic (exact) mass is 390 g/mol. The van der Waals surface area contributed by atoms with Crippen molar-refractivity contribution in [3.8, 4) is 11.5 Å². The van der Waals surface area contributed by atoms with Crippen LogP contribution in [-0.2, 0) is 13.2 Å². The number of rotatable bonds is 7. The van der Waals surface area contributed by atoms with Crippen molar-refractivity contribution in [3.05, 3.63) is 78.1 Å². The van der Waals surface area contributed by atoms with Crippen LogP contribution in [0.3, 0.4) is 0 Å². The van der Waals surface area contributed by atoms with Gasteiger partial charge in [-0.3, -0.25) is 4.90 Å². The second-order valence-electron chi connectivity index (χ2n) is 7.07. The third-order valence-corrected chi connectivity index (χ3v) is 5.08. The molecule has 0 unspecified atom stereocenters. The quantitative estimate of drug-likeness (QED) is 0.616. The maximum absolute atomic E-state index is 5.96. The molecule has 150 valence electrons. The fraction of sp³-hybridized carbons (Fsp3) is 0.304. The summed E-state index contributed by atoms with van der Waals surface area (Å²) in [5, 5.41) is 0. The zero-order valence-corrected chi connectivity index (χ0v) is 16.7. The highest BCUT2D eigenvalue weighted by molar-refractivity contribution is 5.43. The molecule has 1 saturated heterocycles. The first-order chi connectivity index (χ1) is 14.3. The number of nitrogens with zero attached hydrogens (tertiary/aromatic N) is 4. The first-order valence-electron chi connectivity index (χ1n) is 9.90. The normalized spacial score (nSPS) is 14.6. The van der Waals surface area contributed by atoms with Crippen molar-refractivity contribution in [1.29, 1.82) is 0 Å². The van der Waals surface area contributed by atoms with Crippen LogP contribution in [0.25, 0.3) is 0 Å². The molecule has 0 saturated carbocycles. The van der Waals surface area contributed by atoms with Crippen LogP contribution in [0.4, 0.5) is 5.95 Å². The van der Waals surface area contributed by atoms with E-state index in [1.165, 1.54) is 5.56 Å². The Balaban J connectivity index is 1.33. The Morgan fingerprint density at radius 2 is 1.59 bits per heavy atom. The Hall–Kier alpha value is -3.12. The Morgan fingerprint density at radius 1 is 0.828 bits per heavy atom. The van der Waals surface area contributed by atoms with Gasteiger partial charge in [0, 0.05) is 45.1 Å². The first-order valence-corrected chi connectivity index (χ1v) is 9.90. The zero-order valence-electron chi connectivity index (χ0n) is 16.7. The molecule has 0 radical (unpaired) electrons. The predicted molar refractivity (Wildman–Crippen MR) is 113 cm³/mol. The van der Waals surface area contributed by atoms with E-state index in [0.29, 0.717) is 6.61 Å². The summed E-state index contributed by atoms with van der Waals surface area (Å²) in [6.45, 7) is 5.23. The minimum Gasteiger partial charge on any atom is -0.493 e. The van der Waals surface area contributed by atoms with E-state index in [0.717, 1.165) is 55.7 Å². The van der Waals surface area contributed by atoms with Crippen molar-refractivity contribution in [3.63, 3.8) is 0 Å². The van der Waals surface area contributed by atoms with Crippen LogP contribution < -0.4 is 14.4 Å². The van der Waals surface area contributed by atoms with Crippen LogP contribution in [0.15, 0.2) is 67.0 Å². The van der Waals surface area contributed by atoms with Gasteiger partial charge in [0.25, 0.3) is 0 Å². The Morgan fingerprint density at radius 3 is 2.31 bits per heavy atom. The van der Waals surface area contributed by atoms with Gasteiger partial charge in [0.05, 0.1) is 7.11 Å². The maximum atomic E-state index is 5.96. The van der Waals surface area contributed by atoms with E-state index < -0.39 is 0 Å². The van der Waals surface area contributed by atoms with Gasteiger partial charge < -0.3 is 14.4 Å². The van der Waals surface area contributed by atoms with Gasteiger partial charge in [0.2, 0.25) is 5.95 Å². The number of ether oxygens (including phenoxy) is 2. The molecule has 4 rings (SSSR count). The standard InChI is InChI=1S/C23H26N4O2/c1-28-22-16-20(8-9-21(22)29-18-19-6-3-2-4-7-19)17-26-12-14-27(15-13-26)23-24-10-5-11-25-23/h2-11,16H,12-15,17-18H2,1H3. The molecule has 29 heavy (non-hydrogen) atoms. The van der Waals surface area contributed by atoms with E-state index in [4.69, 9.17) is 9.47 Å². The van der Waals surface area contributed by atoms with Crippen molar-refractivity contribution in [2.45, 2.75) is 13.2 Å². The van der Waals surface area contributed by atoms with Gasteiger partial charge in [0.1, 0.15) is 6.61 Å². The SMILES string of the molecule is COc1cc(CN2CCN(c3ncccn3)CC2)ccc1OCc1ccccc1. The molecule has 6 heteroatoms. The van der Waals surface area contributed by atoms with Gasteiger partial charge >= 0.3 is 0 Å². The van der Waals surface area contributed by atoms with Crippen LogP contribution in [-0.4, -0.2) is 48.2 Å². The molecule has 1 fully saturated rings. The second kappa shape index (κ2) is 9.39. The molecule has 1 aliphatic rings. The van der Waals surface area contributed by atoms with Gasteiger partial charge in [-0.15, -0.1) is 0 Å². The number of anilines is 1. The molecule has 0 N–H and O–H groups in total. The van der Waals surface area contributed by atoms with Crippen LogP contribution in [0.2, 0.25) is 0 Å². The summed E-state index contributed by atoms with van der Waals surface area (Å²) >= 11 is 0. The van der Waals surface area contributed by atoms with Crippen molar-refractivity contribution in [2.75, 3.05) is 38.2 Å². The maximum Gasteiger partial charge on any atom is 0.225 e. The molecule has 1 aliphatic heterocycles. The van der Waals surface area contributed by atoms with Gasteiger partial charge in [-0.05, 0) is 29.3 Å². The highest BCUT2D eigenvalue weighted by Crippen LogP contribution is 2.29. The molecule has 0 spiro atoms. The van der Waals surface area contributed by atoms with Gasteiger partial charge in [-0.2, -0.15) is 0 Å². The molecule has 0 atom stereocenters. The summed E-state index contributed by atoms with van der Waals surface area (Å²) < 4.78 is 11.5. The van der Waals surface area contributed by atoms with Crippen molar-refractivity contribution in [2.24, 2.45) is 0 Å². The van der Waals surface area contributed by atoms with Crippen LogP contribution >= 0.6 is 0 Å². The molecule has 3 aromatic rings. The average Bonchev–Trinajstić information content (AvgIpc) is 2.80. The summed E-state index contributed by atoms with van der Waals surface area (Å²) in [5.74, 6) is 2.36. The lowest BCUT2D eigenvalue weighted by atomic mass is 10.1. The van der Waals surface area contributed by atoms with Crippen molar-refractivity contribution >= 4 is 5.95 Å². The summed E-state index contributed by atoms with van der Waals surface area (Å²) in [7, 11) is 1.69. The smallest absolute Gasteiger partial charge is 0.225 e. The molecule has 0 amide bonds. The molecule has 6 nitrogen and oxygen atoms in total. The Kier molecular flexibility index (Phi) is 6.22. The third-order valence-electron chi connectivity index (χ3n) is 5.08. The molecule has 2 aromatic carbocycles. The van der Waals surface area contributed by atoms with Crippen molar-refractivity contribution < 1.29 is 9.47 Å². The molecule has 0 aliphatic carbocycles. The number of piperazine rings is 1. The van der Waals surface area contributed by atoms with Gasteiger partial charge in [-0.25, -0.2) is 9.97 Å². The van der Waals surface area contributed by atoms with E-state index in [2.05, 4.69) is 44.0 Å². The second-order valence-corrected chi connectivity index (χ2v) is 7.07. The first kappa shape index (κ1) is 19.2. The summed E-state index contributed by atoms with van der Waals surface area (Å²) in [6, 6.07) is 18.2. The molecular formula is C23H26N4O2. The molecule has 1 aromatic heterocycles. The number of aromatic nitrogens is 2. The predicted octanol–water partition coefficient (Wildman–Crippen LogP) is 3.39. The van der Waals surface area contributed by atoms with Gasteiger partial charge in [-0.1, -0.05) is 36.4 Å². The zero-order chi connectivity index (χ0) is 19.9. The van der Waals surface area contributed by atoms with Crippen LogP contribution in [0, 0.1) is 0 Å². The van der Waals surface area contributed by atoms with E-state index in [1.807, 2.05) is 30.3 Å². The Bertz CT molecular complexity index is 897. The number of hydrogen-bond donors (Lipinski definition) is 0. The van der Waals surface area contributed by atoms with E-state index in [-0.39, 0.29) is 0 Å². The summed E-state index contributed by atoms with van der Waals surface area (Å²) in [5.41, 5.74) is 2.36. The topological polar surface area (TPSA) is 50.7 Å². The van der Waals surface area contributed by atoms with Crippen LogP contribution in [0.1, 0.15) is 11.1 Å². The molecular weight excluding hydrogens is 364 g/mol. The lowest BCUT2D eigenvalue weighted by molar-refractivity contribution is 0.247. The lowest BCUT2D eigenvalue weighted by Crippen LogP contribution is -2.46. The minimum absolute atomic E-state index is 0.528. The number of hydrogen-bond acceptors (Lipinski definition) is 6. The van der Waals surface area contributed by atoms with E-state index >= 15 is 0 Å². The summed E-state index contributed by atoms with van der Waals surface area (Å²) in [4.78, 5) is 13.4. The largest absolute Gasteiger partial charge is 0.493 e. The highest BCUT2D eigenvalue weighted by Gasteiger charge is 2.19. The summed E-state index contributed by atoms with van der Waals surface area (Å²) in [6.07, 6.45) is 3.59. The third kappa shape index (κ3) is 5.03. The van der Waals surface area contributed by atoms with Gasteiger partial charge in [0.15, 0.2) is 11.5 Å². The number of methoxy groups -OCH3 is 1.